The van der Waals surface area contributed by atoms with Crippen LogP contribution in [0.2, 0.25) is 0 Å². The van der Waals surface area contributed by atoms with Gasteiger partial charge in [0.1, 0.15) is 17.3 Å². The SMILES string of the molecule is COc1ccc(CN=C(NCCc2ccco2)NCc2nnc(C)n2C)cc1. The summed E-state index contributed by atoms with van der Waals surface area (Å²) in [6, 6.07) is 11.7. The third-order valence-electron chi connectivity index (χ3n) is 4.42. The van der Waals surface area contributed by atoms with E-state index in [0.717, 1.165) is 35.1 Å². The van der Waals surface area contributed by atoms with Crippen molar-refractivity contribution < 1.29 is 9.15 Å². The number of aliphatic imine (C=N–C) groups is 1. The molecule has 148 valence electrons. The van der Waals surface area contributed by atoms with Crippen molar-refractivity contribution in [1.82, 2.24) is 25.4 Å². The molecule has 2 aromatic heterocycles. The van der Waals surface area contributed by atoms with E-state index in [9.17, 15) is 0 Å². The maximum absolute atomic E-state index is 5.38. The van der Waals surface area contributed by atoms with Crippen LogP contribution in [0.3, 0.4) is 0 Å². The summed E-state index contributed by atoms with van der Waals surface area (Å²) in [4.78, 5) is 4.69. The molecule has 2 heterocycles. The fraction of sp³-hybridized carbons (Fsp3) is 0.350. The Morgan fingerprint density at radius 3 is 2.64 bits per heavy atom. The highest BCUT2D eigenvalue weighted by molar-refractivity contribution is 5.79. The quantitative estimate of drug-likeness (QED) is 0.459. The lowest BCUT2D eigenvalue weighted by molar-refractivity contribution is 0.414. The number of guanidine groups is 1. The molecule has 28 heavy (non-hydrogen) atoms. The highest BCUT2D eigenvalue weighted by Gasteiger charge is 2.07. The van der Waals surface area contributed by atoms with Crippen molar-refractivity contribution in [3.8, 4) is 5.75 Å². The van der Waals surface area contributed by atoms with Gasteiger partial charge in [0, 0.05) is 20.0 Å². The number of hydrogen-bond donors (Lipinski definition) is 2. The van der Waals surface area contributed by atoms with Crippen LogP contribution in [-0.2, 0) is 26.6 Å². The van der Waals surface area contributed by atoms with Crippen LogP contribution in [0.4, 0.5) is 0 Å². The molecule has 0 aliphatic rings. The molecule has 2 N–H and O–H groups in total. The first-order chi connectivity index (χ1) is 13.7. The molecule has 0 radical (unpaired) electrons. The van der Waals surface area contributed by atoms with Crippen LogP contribution in [0.1, 0.15) is 23.0 Å². The number of hydrogen-bond acceptors (Lipinski definition) is 5. The number of nitrogens with zero attached hydrogens (tertiary/aromatic N) is 4. The van der Waals surface area contributed by atoms with Crippen molar-refractivity contribution in [2.45, 2.75) is 26.4 Å². The zero-order valence-electron chi connectivity index (χ0n) is 16.5. The van der Waals surface area contributed by atoms with Gasteiger partial charge in [0.2, 0.25) is 0 Å². The molecule has 0 atom stereocenters. The second-order valence-corrected chi connectivity index (χ2v) is 6.35. The Labute approximate surface area is 164 Å². The van der Waals surface area contributed by atoms with E-state index in [1.165, 1.54) is 0 Å². The van der Waals surface area contributed by atoms with Gasteiger partial charge in [-0.1, -0.05) is 12.1 Å². The maximum atomic E-state index is 5.38. The van der Waals surface area contributed by atoms with E-state index in [4.69, 9.17) is 9.15 Å². The van der Waals surface area contributed by atoms with E-state index in [1.54, 1.807) is 13.4 Å². The number of aryl methyl sites for hydroxylation is 1. The lowest BCUT2D eigenvalue weighted by atomic mass is 10.2. The standard InChI is InChI=1S/C20H26N6O2/c1-15-24-25-19(26(15)2)14-23-20(21-11-10-18-5-4-12-28-18)22-13-16-6-8-17(27-3)9-7-16/h4-9,12H,10-11,13-14H2,1-3H3,(H2,21,22,23). The fourth-order valence-electron chi connectivity index (χ4n) is 2.60. The largest absolute Gasteiger partial charge is 0.497 e. The van der Waals surface area contributed by atoms with Gasteiger partial charge >= 0.3 is 0 Å². The summed E-state index contributed by atoms with van der Waals surface area (Å²) in [5, 5.41) is 14.9. The van der Waals surface area contributed by atoms with Gasteiger partial charge in [0.05, 0.1) is 26.5 Å². The van der Waals surface area contributed by atoms with Crippen molar-refractivity contribution in [3.63, 3.8) is 0 Å². The van der Waals surface area contributed by atoms with Gasteiger partial charge in [0.15, 0.2) is 11.8 Å². The number of rotatable bonds is 8. The van der Waals surface area contributed by atoms with Crippen molar-refractivity contribution in [3.05, 3.63) is 65.6 Å². The Balaban J connectivity index is 1.62. The minimum atomic E-state index is 0.534. The lowest BCUT2D eigenvalue weighted by Gasteiger charge is -2.12. The Kier molecular flexibility index (Phi) is 6.67. The molecule has 3 rings (SSSR count). The number of furan rings is 1. The monoisotopic (exact) mass is 382 g/mol. The molecule has 0 saturated carbocycles. The van der Waals surface area contributed by atoms with Crippen LogP contribution in [0.15, 0.2) is 52.1 Å². The number of ether oxygens (including phenoxy) is 1. The molecule has 8 heteroatoms. The van der Waals surface area contributed by atoms with Crippen molar-refractivity contribution in [2.24, 2.45) is 12.0 Å². The zero-order valence-corrected chi connectivity index (χ0v) is 16.5. The third kappa shape index (κ3) is 5.35. The Morgan fingerprint density at radius 1 is 1.18 bits per heavy atom. The fourth-order valence-corrected chi connectivity index (χ4v) is 2.60. The molecule has 0 amide bonds. The third-order valence-corrected chi connectivity index (χ3v) is 4.42. The normalized spacial score (nSPS) is 11.5. The molecular weight excluding hydrogens is 356 g/mol. The molecule has 0 aliphatic carbocycles. The molecule has 0 spiro atoms. The summed E-state index contributed by atoms with van der Waals surface area (Å²) in [5.41, 5.74) is 1.10. The molecule has 8 nitrogen and oxygen atoms in total. The topological polar surface area (TPSA) is 89.5 Å². The van der Waals surface area contributed by atoms with E-state index in [-0.39, 0.29) is 0 Å². The smallest absolute Gasteiger partial charge is 0.191 e. The molecule has 0 aliphatic heterocycles. The van der Waals surface area contributed by atoms with Crippen LogP contribution in [-0.4, -0.2) is 34.4 Å². The van der Waals surface area contributed by atoms with Crippen LogP contribution in [0.5, 0.6) is 5.75 Å². The second-order valence-electron chi connectivity index (χ2n) is 6.35. The van der Waals surface area contributed by atoms with Crippen LogP contribution < -0.4 is 15.4 Å². The lowest BCUT2D eigenvalue weighted by Crippen LogP contribution is -2.38. The molecule has 1 aromatic carbocycles. The number of aromatic nitrogens is 3. The van der Waals surface area contributed by atoms with Crippen molar-refractivity contribution in [1.29, 1.82) is 0 Å². The zero-order chi connectivity index (χ0) is 19.8. The minimum absolute atomic E-state index is 0.534. The van der Waals surface area contributed by atoms with Gasteiger partial charge in [-0.05, 0) is 36.8 Å². The van der Waals surface area contributed by atoms with Gasteiger partial charge in [-0.2, -0.15) is 0 Å². The van der Waals surface area contributed by atoms with E-state index in [0.29, 0.717) is 25.6 Å². The van der Waals surface area contributed by atoms with E-state index >= 15 is 0 Å². The van der Waals surface area contributed by atoms with E-state index in [2.05, 4.69) is 25.8 Å². The number of methoxy groups -OCH3 is 1. The maximum Gasteiger partial charge on any atom is 0.191 e. The Hall–Kier alpha value is -3.29. The molecule has 0 fully saturated rings. The molecule has 3 aromatic rings. The molecule has 0 unspecified atom stereocenters. The van der Waals surface area contributed by atoms with E-state index in [1.807, 2.05) is 54.9 Å². The van der Waals surface area contributed by atoms with E-state index < -0.39 is 0 Å². The van der Waals surface area contributed by atoms with Gasteiger partial charge in [-0.3, -0.25) is 0 Å². The van der Waals surface area contributed by atoms with Crippen LogP contribution in [0, 0.1) is 6.92 Å². The summed E-state index contributed by atoms with van der Waals surface area (Å²) >= 11 is 0. The number of nitrogens with one attached hydrogen (secondary N) is 2. The molecular formula is C20H26N6O2. The predicted octanol–water partition coefficient (Wildman–Crippen LogP) is 2.20. The summed E-state index contributed by atoms with van der Waals surface area (Å²) in [6.45, 7) is 3.72. The summed E-state index contributed by atoms with van der Waals surface area (Å²) in [6.07, 6.45) is 2.46. The summed E-state index contributed by atoms with van der Waals surface area (Å²) < 4.78 is 12.5. The predicted molar refractivity (Wildman–Crippen MR) is 107 cm³/mol. The van der Waals surface area contributed by atoms with Gasteiger partial charge < -0.3 is 24.4 Å². The average molecular weight is 382 g/mol. The highest BCUT2D eigenvalue weighted by Crippen LogP contribution is 2.11. The second kappa shape index (κ2) is 9.59. The molecule has 0 saturated heterocycles. The van der Waals surface area contributed by atoms with Crippen LogP contribution in [0.25, 0.3) is 0 Å². The first-order valence-corrected chi connectivity index (χ1v) is 9.18. The average Bonchev–Trinajstić information content (AvgIpc) is 3.35. The molecule has 0 bridgehead atoms. The van der Waals surface area contributed by atoms with Gasteiger partial charge in [-0.15, -0.1) is 10.2 Å². The Bertz CT molecular complexity index is 884. The number of benzene rings is 1. The summed E-state index contributed by atoms with van der Waals surface area (Å²) in [5.74, 6) is 4.20. The van der Waals surface area contributed by atoms with Crippen LogP contribution >= 0.6 is 0 Å². The van der Waals surface area contributed by atoms with Crippen molar-refractivity contribution in [2.75, 3.05) is 13.7 Å². The first kappa shape index (κ1) is 19.5. The van der Waals surface area contributed by atoms with Gasteiger partial charge in [0.25, 0.3) is 0 Å². The Morgan fingerprint density at radius 2 is 2.00 bits per heavy atom. The van der Waals surface area contributed by atoms with Gasteiger partial charge in [-0.25, -0.2) is 4.99 Å². The highest BCUT2D eigenvalue weighted by atomic mass is 16.5. The first-order valence-electron chi connectivity index (χ1n) is 9.18. The minimum Gasteiger partial charge on any atom is -0.497 e. The summed E-state index contributed by atoms with van der Waals surface area (Å²) in [7, 11) is 3.61. The van der Waals surface area contributed by atoms with Crippen molar-refractivity contribution >= 4 is 5.96 Å².